The first-order valence-electron chi connectivity index (χ1n) is 12.8. The molecule has 4 rings (SSSR count). The Hall–Kier alpha value is -2.86. The molecule has 13 heteroatoms. The molecule has 1 saturated carbocycles. The Balaban J connectivity index is 1.44. The number of aromatic nitrogens is 1. The summed E-state index contributed by atoms with van der Waals surface area (Å²) >= 11 is 7.93. The molecule has 8 nitrogen and oxygen atoms in total. The second-order valence-electron chi connectivity index (χ2n) is 10.3. The van der Waals surface area contributed by atoms with E-state index in [2.05, 4.69) is 10.3 Å². The number of benzene rings is 1. The summed E-state index contributed by atoms with van der Waals surface area (Å²) in [6.07, 6.45) is -0.816. The molecule has 3 N–H and O–H groups in total. The number of thioether (sulfide) groups is 1. The van der Waals surface area contributed by atoms with Crippen LogP contribution in [-0.2, 0) is 11.3 Å². The van der Waals surface area contributed by atoms with Crippen LogP contribution in [0.5, 0.6) is 11.5 Å². The second-order valence-corrected chi connectivity index (χ2v) is 11.6. The zero-order chi connectivity index (χ0) is 29.4. The first-order chi connectivity index (χ1) is 18.7. The Morgan fingerprint density at radius 1 is 1.12 bits per heavy atom. The first kappa shape index (κ1) is 30.1. The van der Waals surface area contributed by atoms with Crippen molar-refractivity contribution in [2.24, 2.45) is 11.8 Å². The molecular weight excluding hydrogens is 571 g/mol. The van der Waals surface area contributed by atoms with Gasteiger partial charge in [-0.25, -0.2) is 0 Å². The van der Waals surface area contributed by atoms with Crippen LogP contribution in [0.4, 0.5) is 13.2 Å². The van der Waals surface area contributed by atoms with Crippen molar-refractivity contribution < 1.29 is 32.2 Å². The predicted octanol–water partition coefficient (Wildman–Crippen LogP) is 5.27. The van der Waals surface area contributed by atoms with Gasteiger partial charge in [0, 0.05) is 52.6 Å². The number of carbonyl (C=O) groups excluding carboxylic acids is 2. The quantitative estimate of drug-likeness (QED) is 0.373. The highest BCUT2D eigenvalue weighted by atomic mass is 35.5. The number of fused-ring (bicyclic) bond motifs is 1. The van der Waals surface area contributed by atoms with Gasteiger partial charge in [-0.15, -0.1) is 11.8 Å². The Morgan fingerprint density at radius 3 is 2.40 bits per heavy atom. The summed E-state index contributed by atoms with van der Waals surface area (Å²) in [7, 11) is 0. The minimum Gasteiger partial charge on any atom is -0.448 e. The van der Waals surface area contributed by atoms with E-state index in [1.54, 1.807) is 20.8 Å². The smallest absolute Gasteiger partial charge is 0.405 e. The molecule has 0 spiro atoms. The average Bonchev–Trinajstić information content (AvgIpc) is 3.27. The van der Waals surface area contributed by atoms with E-state index in [1.165, 1.54) is 17.8 Å². The SMILES string of the molecule is CSc1cc(C)[nH]c(=O)c1CNC(=O)c1cc(Cl)c2c(c1C)OC(C)(C1CCC(C(=O)NCC(F)(F)F)CC1)O2. The van der Waals surface area contributed by atoms with Gasteiger partial charge in [0.25, 0.3) is 17.3 Å². The molecule has 2 heterocycles. The number of aryl methyl sites for hydroxylation is 1. The van der Waals surface area contributed by atoms with Crippen LogP contribution in [0.15, 0.2) is 21.8 Å². The summed E-state index contributed by atoms with van der Waals surface area (Å²) in [5.41, 5.74) is 1.70. The van der Waals surface area contributed by atoms with E-state index in [4.69, 9.17) is 21.1 Å². The lowest BCUT2D eigenvalue weighted by atomic mass is 9.78. The molecule has 1 aliphatic carbocycles. The summed E-state index contributed by atoms with van der Waals surface area (Å²) in [5.74, 6) is -2.19. The van der Waals surface area contributed by atoms with E-state index < -0.39 is 36.2 Å². The van der Waals surface area contributed by atoms with Gasteiger partial charge in [-0.3, -0.25) is 14.4 Å². The lowest BCUT2D eigenvalue weighted by Gasteiger charge is -2.36. The molecule has 1 fully saturated rings. The maximum atomic E-state index is 13.2. The van der Waals surface area contributed by atoms with Crippen LogP contribution in [-0.4, -0.2) is 41.6 Å². The van der Waals surface area contributed by atoms with E-state index in [9.17, 15) is 27.6 Å². The molecule has 1 aromatic heterocycles. The Kier molecular flexibility index (Phi) is 8.70. The number of H-pyrrole nitrogens is 1. The molecule has 0 radical (unpaired) electrons. The number of pyridine rings is 1. The number of alkyl halides is 3. The molecule has 2 aromatic rings. The number of hydrogen-bond donors (Lipinski definition) is 3. The summed E-state index contributed by atoms with van der Waals surface area (Å²) in [4.78, 5) is 41.3. The second kappa shape index (κ2) is 11.6. The highest BCUT2D eigenvalue weighted by molar-refractivity contribution is 7.98. The fraction of sp³-hybridized carbons (Fsp3) is 0.519. The summed E-state index contributed by atoms with van der Waals surface area (Å²) in [5, 5.41) is 4.94. The van der Waals surface area contributed by atoms with Gasteiger partial charge in [0.1, 0.15) is 6.54 Å². The van der Waals surface area contributed by atoms with E-state index in [0.717, 1.165) is 10.6 Å². The Bertz CT molecular complexity index is 1370. The molecule has 1 aromatic carbocycles. The van der Waals surface area contributed by atoms with E-state index in [1.807, 2.05) is 17.6 Å². The van der Waals surface area contributed by atoms with Crippen LogP contribution < -0.4 is 25.7 Å². The third kappa shape index (κ3) is 6.38. The molecular formula is C27H31ClF3N3O5S. The maximum Gasteiger partial charge on any atom is 0.405 e. The van der Waals surface area contributed by atoms with Crippen LogP contribution in [0.1, 0.15) is 59.8 Å². The number of rotatable bonds is 7. The first-order valence-corrected chi connectivity index (χ1v) is 14.4. The largest absolute Gasteiger partial charge is 0.448 e. The maximum absolute atomic E-state index is 13.2. The third-order valence-electron chi connectivity index (χ3n) is 7.47. The monoisotopic (exact) mass is 601 g/mol. The zero-order valence-corrected chi connectivity index (χ0v) is 24.1. The lowest BCUT2D eigenvalue weighted by molar-refractivity contribution is -0.145. The number of nitrogens with one attached hydrogen (secondary N) is 3. The van der Waals surface area contributed by atoms with Crippen molar-refractivity contribution in [3.8, 4) is 11.5 Å². The van der Waals surface area contributed by atoms with Gasteiger partial charge in [-0.1, -0.05) is 11.6 Å². The summed E-state index contributed by atoms with van der Waals surface area (Å²) in [6, 6.07) is 3.34. The number of amides is 2. The fourth-order valence-corrected chi connectivity index (χ4v) is 6.20. The number of carbonyl (C=O) groups is 2. The van der Waals surface area contributed by atoms with Crippen LogP contribution in [0.2, 0.25) is 5.02 Å². The standard InChI is InChI=1S/C27H31ClF3N3O5S/c1-13-9-20(40-4)18(25(37)34-13)11-32-24(36)17-10-19(28)22-21(14(17)2)38-26(3,39-22)16-7-5-15(6-8-16)23(35)33-12-27(29,30)31/h9-10,15-16H,5-8,11-12H2,1-4H3,(H,32,36)(H,33,35)(H,34,37). The topological polar surface area (TPSA) is 110 Å². The molecule has 1 atom stereocenters. The van der Waals surface area contributed by atoms with Gasteiger partial charge in [0.15, 0.2) is 11.5 Å². The highest BCUT2D eigenvalue weighted by Gasteiger charge is 2.48. The van der Waals surface area contributed by atoms with Crippen LogP contribution in [0.3, 0.4) is 0 Å². The number of hydrogen-bond acceptors (Lipinski definition) is 6. The average molecular weight is 602 g/mol. The fourth-order valence-electron chi connectivity index (χ4n) is 5.26. The molecule has 2 aliphatic rings. The summed E-state index contributed by atoms with van der Waals surface area (Å²) in [6.45, 7) is 3.93. The van der Waals surface area contributed by atoms with Crippen molar-refractivity contribution in [3.63, 3.8) is 0 Å². The molecule has 1 unspecified atom stereocenters. The van der Waals surface area contributed by atoms with Gasteiger partial charge in [-0.05, 0) is 57.9 Å². The minimum absolute atomic E-state index is 0.0215. The third-order valence-corrected chi connectivity index (χ3v) is 8.56. The molecule has 2 amide bonds. The normalized spacial score (nSPS) is 22.2. The minimum atomic E-state index is -4.46. The van der Waals surface area contributed by atoms with Crippen molar-refractivity contribution in [2.45, 2.75) is 69.9 Å². The molecule has 0 saturated heterocycles. The molecule has 218 valence electrons. The Morgan fingerprint density at radius 2 is 1.77 bits per heavy atom. The predicted molar refractivity (Wildman–Crippen MR) is 145 cm³/mol. The van der Waals surface area contributed by atoms with Gasteiger partial charge >= 0.3 is 6.18 Å². The zero-order valence-electron chi connectivity index (χ0n) is 22.5. The van der Waals surface area contributed by atoms with Gasteiger partial charge in [0.2, 0.25) is 5.91 Å². The van der Waals surface area contributed by atoms with Crippen molar-refractivity contribution in [2.75, 3.05) is 12.8 Å². The van der Waals surface area contributed by atoms with Crippen LogP contribution in [0.25, 0.3) is 0 Å². The van der Waals surface area contributed by atoms with E-state index >= 15 is 0 Å². The number of ether oxygens (including phenoxy) is 2. The lowest BCUT2D eigenvalue weighted by Crippen LogP contribution is -2.46. The van der Waals surface area contributed by atoms with Gasteiger partial charge in [0.05, 0.1) is 5.02 Å². The van der Waals surface area contributed by atoms with Crippen molar-refractivity contribution in [1.29, 1.82) is 0 Å². The van der Waals surface area contributed by atoms with Gasteiger partial charge in [-0.2, -0.15) is 13.2 Å². The summed E-state index contributed by atoms with van der Waals surface area (Å²) < 4.78 is 49.8. The van der Waals surface area contributed by atoms with Crippen LogP contribution >= 0.6 is 23.4 Å². The number of aromatic amines is 1. The van der Waals surface area contributed by atoms with Gasteiger partial charge < -0.3 is 25.1 Å². The van der Waals surface area contributed by atoms with Crippen LogP contribution in [0, 0.1) is 25.7 Å². The van der Waals surface area contributed by atoms with E-state index in [-0.39, 0.29) is 28.6 Å². The van der Waals surface area contributed by atoms with Crippen molar-refractivity contribution in [3.05, 3.63) is 49.9 Å². The van der Waals surface area contributed by atoms with E-state index in [0.29, 0.717) is 48.3 Å². The molecule has 0 bridgehead atoms. The highest BCUT2D eigenvalue weighted by Crippen LogP contribution is 2.52. The Labute approximate surface area is 238 Å². The van der Waals surface area contributed by atoms with Crippen molar-refractivity contribution >= 4 is 35.2 Å². The molecule has 40 heavy (non-hydrogen) atoms. The van der Waals surface area contributed by atoms with Crippen molar-refractivity contribution in [1.82, 2.24) is 15.6 Å². The molecule has 1 aliphatic heterocycles. The number of halogens is 4.